The molecule has 0 bridgehead atoms. The third-order valence-corrected chi connectivity index (χ3v) is 8.24. The SMILES string of the molecule is CC(C)(C)OC(=O)N[C@H]1CCN(C(=O)CCC(=O)N2CCN(c3ccc4c(c3)C(=O)N(C3CCC(=O)NC3=O)C4=O)CC2)C1. The Balaban J connectivity index is 1.08. The van der Waals surface area contributed by atoms with Crippen molar-refractivity contribution in [1.82, 2.24) is 25.3 Å². The van der Waals surface area contributed by atoms with Crippen molar-refractivity contribution >= 4 is 47.2 Å². The predicted molar refractivity (Wildman–Crippen MR) is 155 cm³/mol. The number of benzene rings is 1. The lowest BCUT2D eigenvalue weighted by atomic mass is 10.0. The standard InChI is InChI=1S/C30H38N6O8/c1-30(2,3)44-29(43)31-18-10-11-35(17-18)25(39)9-8-24(38)34-14-12-33(13-15-34)19-4-5-20-21(16-19)28(42)36(27(20)41)22-6-7-23(37)32-26(22)40/h4-5,16,18,22H,6-15,17H2,1-3H3,(H,31,43)(H,32,37,40)/t18-,22?/m0/s1. The van der Waals surface area contributed by atoms with Crippen molar-refractivity contribution in [2.24, 2.45) is 0 Å². The van der Waals surface area contributed by atoms with E-state index in [4.69, 9.17) is 4.74 Å². The van der Waals surface area contributed by atoms with Gasteiger partial charge in [-0.15, -0.1) is 0 Å². The number of nitrogens with one attached hydrogen (secondary N) is 2. The molecule has 4 heterocycles. The average Bonchev–Trinajstić information content (AvgIpc) is 3.52. The van der Waals surface area contributed by atoms with E-state index in [2.05, 4.69) is 10.6 Å². The van der Waals surface area contributed by atoms with E-state index in [0.717, 1.165) is 10.6 Å². The number of nitrogens with zero attached hydrogens (tertiary/aromatic N) is 4. The summed E-state index contributed by atoms with van der Waals surface area (Å²) in [5.41, 5.74) is 0.541. The third-order valence-electron chi connectivity index (χ3n) is 8.24. The molecule has 3 saturated heterocycles. The van der Waals surface area contributed by atoms with Gasteiger partial charge in [-0.05, 0) is 51.8 Å². The number of likely N-dealkylation sites (tertiary alicyclic amines) is 1. The van der Waals surface area contributed by atoms with Gasteiger partial charge >= 0.3 is 6.09 Å². The predicted octanol–water partition coefficient (Wildman–Crippen LogP) is 0.642. The molecule has 44 heavy (non-hydrogen) atoms. The van der Waals surface area contributed by atoms with Crippen LogP contribution in [0.3, 0.4) is 0 Å². The van der Waals surface area contributed by atoms with E-state index in [1.54, 1.807) is 48.8 Å². The zero-order chi connectivity index (χ0) is 31.8. The number of hydrogen-bond donors (Lipinski definition) is 2. The van der Waals surface area contributed by atoms with Crippen molar-refractivity contribution in [1.29, 1.82) is 0 Å². The van der Waals surface area contributed by atoms with Gasteiger partial charge < -0.3 is 24.8 Å². The van der Waals surface area contributed by atoms with Gasteiger partial charge in [0.1, 0.15) is 11.6 Å². The van der Waals surface area contributed by atoms with Crippen molar-refractivity contribution in [2.75, 3.05) is 44.2 Å². The van der Waals surface area contributed by atoms with E-state index in [1.807, 2.05) is 4.90 Å². The lowest BCUT2D eigenvalue weighted by molar-refractivity contribution is -0.136. The van der Waals surface area contributed by atoms with Crippen molar-refractivity contribution in [2.45, 2.75) is 70.6 Å². The normalized spacial score (nSPS) is 22.2. The zero-order valence-electron chi connectivity index (χ0n) is 25.2. The summed E-state index contributed by atoms with van der Waals surface area (Å²) in [6, 6.07) is 3.75. The lowest BCUT2D eigenvalue weighted by Gasteiger charge is -2.36. The number of piperidine rings is 1. The van der Waals surface area contributed by atoms with Crippen LogP contribution in [0.15, 0.2) is 18.2 Å². The van der Waals surface area contributed by atoms with Gasteiger partial charge in [-0.25, -0.2) is 4.79 Å². The van der Waals surface area contributed by atoms with Gasteiger partial charge in [0.2, 0.25) is 23.6 Å². The number of alkyl carbamates (subject to hydrolysis) is 1. The van der Waals surface area contributed by atoms with Crippen molar-refractivity contribution in [3.05, 3.63) is 29.3 Å². The minimum absolute atomic E-state index is 0.0538. The maximum absolute atomic E-state index is 13.2. The van der Waals surface area contributed by atoms with Gasteiger partial charge in [0.15, 0.2) is 0 Å². The van der Waals surface area contributed by atoms with Gasteiger partial charge in [0, 0.05) is 64.2 Å². The number of hydrogen-bond acceptors (Lipinski definition) is 9. The Labute approximate surface area is 255 Å². The largest absolute Gasteiger partial charge is 0.444 e. The van der Waals surface area contributed by atoms with Crippen molar-refractivity contribution in [3.8, 4) is 0 Å². The van der Waals surface area contributed by atoms with Gasteiger partial charge in [-0.1, -0.05) is 0 Å². The number of anilines is 1. The zero-order valence-corrected chi connectivity index (χ0v) is 25.2. The minimum Gasteiger partial charge on any atom is -0.444 e. The molecule has 0 aromatic heterocycles. The molecule has 2 atom stereocenters. The van der Waals surface area contributed by atoms with Crippen LogP contribution >= 0.6 is 0 Å². The molecule has 0 saturated carbocycles. The summed E-state index contributed by atoms with van der Waals surface area (Å²) in [5, 5.41) is 4.98. The Hall–Kier alpha value is -4.49. The van der Waals surface area contributed by atoms with Crippen LogP contribution in [0.4, 0.5) is 10.5 Å². The molecule has 4 aliphatic heterocycles. The highest BCUT2D eigenvalue weighted by Gasteiger charge is 2.45. The molecule has 14 heteroatoms. The van der Waals surface area contributed by atoms with E-state index in [9.17, 15) is 33.6 Å². The summed E-state index contributed by atoms with van der Waals surface area (Å²) in [6.07, 6.45) is 0.430. The summed E-state index contributed by atoms with van der Waals surface area (Å²) >= 11 is 0. The van der Waals surface area contributed by atoms with Crippen LogP contribution in [-0.2, 0) is 23.9 Å². The van der Waals surface area contributed by atoms with Crippen molar-refractivity contribution in [3.63, 3.8) is 0 Å². The van der Waals surface area contributed by atoms with E-state index < -0.39 is 41.4 Å². The molecule has 1 aromatic carbocycles. The Bertz CT molecular complexity index is 1400. The number of amides is 7. The molecule has 0 spiro atoms. The van der Waals surface area contributed by atoms with Crippen LogP contribution in [0.1, 0.15) is 73.6 Å². The van der Waals surface area contributed by atoms with Crippen LogP contribution in [0.5, 0.6) is 0 Å². The molecular weight excluding hydrogens is 572 g/mol. The number of rotatable bonds is 6. The monoisotopic (exact) mass is 610 g/mol. The van der Waals surface area contributed by atoms with Gasteiger partial charge in [-0.2, -0.15) is 0 Å². The topological polar surface area (TPSA) is 166 Å². The van der Waals surface area contributed by atoms with Crippen LogP contribution in [0.2, 0.25) is 0 Å². The van der Waals surface area contributed by atoms with Crippen molar-refractivity contribution < 1.29 is 38.3 Å². The second kappa shape index (κ2) is 12.2. The average molecular weight is 611 g/mol. The van der Waals surface area contributed by atoms with E-state index in [0.29, 0.717) is 45.7 Å². The molecule has 1 aromatic rings. The lowest BCUT2D eigenvalue weighted by Crippen LogP contribution is -2.54. The second-order valence-corrected chi connectivity index (χ2v) is 12.5. The molecule has 1 unspecified atom stereocenters. The fourth-order valence-electron chi connectivity index (χ4n) is 5.98. The molecule has 0 aliphatic carbocycles. The Morgan fingerprint density at radius 1 is 0.886 bits per heavy atom. The Kier molecular flexibility index (Phi) is 8.62. The third kappa shape index (κ3) is 6.68. The maximum atomic E-state index is 13.2. The summed E-state index contributed by atoms with van der Waals surface area (Å²) in [6.45, 7) is 8.11. The number of carbonyl (C=O) groups excluding carboxylic acids is 7. The summed E-state index contributed by atoms with van der Waals surface area (Å²) in [7, 11) is 0. The molecule has 0 radical (unpaired) electrons. The fourth-order valence-corrected chi connectivity index (χ4v) is 5.98. The fraction of sp³-hybridized carbons (Fsp3) is 0.567. The quantitative estimate of drug-likeness (QED) is 0.440. The highest BCUT2D eigenvalue weighted by molar-refractivity contribution is 6.23. The van der Waals surface area contributed by atoms with E-state index in [1.165, 1.54) is 0 Å². The molecule has 236 valence electrons. The first-order valence-electron chi connectivity index (χ1n) is 15.0. The number of ether oxygens (including phenoxy) is 1. The van der Waals surface area contributed by atoms with E-state index >= 15 is 0 Å². The van der Waals surface area contributed by atoms with Crippen LogP contribution in [0, 0.1) is 0 Å². The molecule has 4 aliphatic rings. The molecule has 5 rings (SSSR count). The highest BCUT2D eigenvalue weighted by atomic mass is 16.6. The number of fused-ring (bicyclic) bond motifs is 1. The van der Waals surface area contributed by atoms with E-state index in [-0.39, 0.29) is 54.7 Å². The summed E-state index contributed by atoms with van der Waals surface area (Å²) in [4.78, 5) is 93.9. The first kappa shape index (κ1) is 31.0. The molecule has 2 N–H and O–H groups in total. The number of carbonyl (C=O) groups is 7. The minimum atomic E-state index is -1.02. The summed E-state index contributed by atoms with van der Waals surface area (Å²) < 4.78 is 5.28. The van der Waals surface area contributed by atoms with Gasteiger partial charge in [-0.3, -0.25) is 39.0 Å². The Morgan fingerprint density at radius 2 is 1.55 bits per heavy atom. The molecular formula is C30H38N6O8. The van der Waals surface area contributed by atoms with Gasteiger partial charge in [0.25, 0.3) is 11.8 Å². The van der Waals surface area contributed by atoms with Crippen LogP contribution < -0.4 is 15.5 Å². The first-order valence-corrected chi connectivity index (χ1v) is 15.0. The smallest absolute Gasteiger partial charge is 0.407 e. The first-order chi connectivity index (χ1) is 20.8. The molecule has 14 nitrogen and oxygen atoms in total. The summed E-state index contributed by atoms with van der Waals surface area (Å²) in [5.74, 6) is -2.45. The second-order valence-electron chi connectivity index (χ2n) is 12.5. The maximum Gasteiger partial charge on any atom is 0.407 e. The Morgan fingerprint density at radius 3 is 2.20 bits per heavy atom. The van der Waals surface area contributed by atoms with Crippen LogP contribution in [-0.4, -0.2) is 113 Å². The van der Waals surface area contributed by atoms with Crippen LogP contribution in [0.25, 0.3) is 0 Å². The highest BCUT2D eigenvalue weighted by Crippen LogP contribution is 2.31. The number of imide groups is 2. The van der Waals surface area contributed by atoms with Gasteiger partial charge in [0.05, 0.1) is 17.2 Å². The molecule has 7 amide bonds. The number of piperazine rings is 1. The molecule has 3 fully saturated rings.